The quantitative estimate of drug-likeness (QED) is 0.779. The van der Waals surface area contributed by atoms with E-state index in [-0.39, 0.29) is 13.4 Å². The fourth-order valence-corrected chi connectivity index (χ4v) is 4.65. The normalized spacial score (nSPS) is 30.2. The number of nitrogens with one attached hydrogen (secondary N) is 1. The lowest BCUT2D eigenvalue weighted by atomic mass is 10.0. The van der Waals surface area contributed by atoms with Crippen LogP contribution in [0.1, 0.15) is 47.9 Å². The number of carbonyl (C=O) groups is 2. The lowest BCUT2D eigenvalue weighted by molar-refractivity contribution is -0.133. The number of carbonyl (C=O) groups excluding carboxylic acids is 2. The van der Waals surface area contributed by atoms with Gasteiger partial charge in [0.15, 0.2) is 0 Å². The van der Waals surface area contributed by atoms with E-state index >= 15 is 0 Å². The number of amides is 2. The summed E-state index contributed by atoms with van der Waals surface area (Å²) in [4.78, 5) is 31.3. The van der Waals surface area contributed by atoms with Gasteiger partial charge in [0.25, 0.3) is 0 Å². The summed E-state index contributed by atoms with van der Waals surface area (Å²) in [6.45, 7) is 12.5. The Morgan fingerprint density at radius 1 is 1.16 bits per heavy atom. The second-order valence-electron chi connectivity index (χ2n) is 8.18. The van der Waals surface area contributed by atoms with E-state index in [1.165, 1.54) is 0 Å². The first-order valence-corrected chi connectivity index (χ1v) is 10.0. The van der Waals surface area contributed by atoms with E-state index in [9.17, 15) is 9.59 Å². The van der Waals surface area contributed by atoms with Crippen LogP contribution in [0.15, 0.2) is 0 Å². The molecule has 3 atom stereocenters. The number of piperidine rings is 1. The standard InChI is InChI=1S/C19H34N4O2.H2/c1-4-18(24)20-17-12-16-11-15(17)13-23(16)19(25)5-6-21-7-9-22(10-8-21)14(2)3;/h14-17H,4-13H2,1-3H3,(H,20,24);1H. The molecule has 6 nitrogen and oxygen atoms in total. The fraction of sp³-hybridized carbons (Fsp3) is 0.895. The van der Waals surface area contributed by atoms with E-state index < -0.39 is 0 Å². The van der Waals surface area contributed by atoms with Gasteiger partial charge in [-0.15, -0.1) is 0 Å². The summed E-state index contributed by atoms with van der Waals surface area (Å²) in [6.07, 6.45) is 3.18. The molecule has 2 amide bonds. The third-order valence-corrected chi connectivity index (χ3v) is 6.31. The molecule has 0 aromatic heterocycles. The molecule has 0 aromatic carbocycles. The number of nitrogens with zero attached hydrogens (tertiary/aromatic N) is 3. The molecule has 6 heteroatoms. The average molecular weight is 353 g/mol. The molecule has 0 spiro atoms. The Kier molecular flexibility index (Phi) is 6.00. The second-order valence-corrected chi connectivity index (χ2v) is 8.18. The van der Waals surface area contributed by atoms with Crippen molar-refractivity contribution in [3.63, 3.8) is 0 Å². The number of hydrogen-bond donors (Lipinski definition) is 1. The number of rotatable bonds is 6. The Bertz CT molecular complexity index is 494. The Balaban J connectivity index is 0.00000243. The Morgan fingerprint density at radius 3 is 2.44 bits per heavy atom. The minimum Gasteiger partial charge on any atom is -0.353 e. The summed E-state index contributed by atoms with van der Waals surface area (Å²) >= 11 is 0. The maximum Gasteiger partial charge on any atom is 0.224 e. The highest BCUT2D eigenvalue weighted by molar-refractivity contribution is 5.78. The Labute approximate surface area is 153 Å². The number of piperazine rings is 1. The topological polar surface area (TPSA) is 55.9 Å². The second kappa shape index (κ2) is 8.04. The Morgan fingerprint density at radius 2 is 1.88 bits per heavy atom. The van der Waals surface area contributed by atoms with Gasteiger partial charge in [0.2, 0.25) is 11.8 Å². The SMILES string of the molecule is CCC(=O)NC1CC2CC1CN2C(=O)CCN1CCN(C(C)C)CC1.[HH]. The largest absolute Gasteiger partial charge is 0.353 e. The maximum absolute atomic E-state index is 12.6. The predicted molar refractivity (Wildman–Crippen MR) is 100 cm³/mol. The van der Waals surface area contributed by atoms with Gasteiger partial charge in [0.05, 0.1) is 0 Å². The van der Waals surface area contributed by atoms with Gasteiger partial charge in [-0.3, -0.25) is 14.5 Å². The molecule has 3 unspecified atom stereocenters. The van der Waals surface area contributed by atoms with E-state index in [1.807, 2.05) is 6.92 Å². The highest BCUT2D eigenvalue weighted by Crippen LogP contribution is 2.38. The highest BCUT2D eigenvalue weighted by atomic mass is 16.2. The molecule has 0 aromatic rings. The van der Waals surface area contributed by atoms with Gasteiger partial charge in [0, 0.05) is 71.7 Å². The van der Waals surface area contributed by atoms with E-state index in [0.29, 0.717) is 36.8 Å². The van der Waals surface area contributed by atoms with Crippen molar-refractivity contribution in [3.8, 4) is 0 Å². The molecule has 2 bridgehead atoms. The van der Waals surface area contributed by atoms with Crippen molar-refractivity contribution in [2.24, 2.45) is 5.92 Å². The van der Waals surface area contributed by atoms with Crippen LogP contribution in [-0.4, -0.2) is 83.9 Å². The van der Waals surface area contributed by atoms with E-state index in [0.717, 1.165) is 52.1 Å². The van der Waals surface area contributed by atoms with Gasteiger partial charge in [-0.05, 0) is 32.6 Å². The van der Waals surface area contributed by atoms with Crippen molar-refractivity contribution < 1.29 is 11.0 Å². The molecular weight excluding hydrogens is 316 g/mol. The molecule has 2 aliphatic heterocycles. The molecule has 25 heavy (non-hydrogen) atoms. The molecule has 1 aliphatic carbocycles. The molecule has 2 heterocycles. The lowest BCUT2D eigenvalue weighted by Crippen LogP contribution is -2.50. The first kappa shape index (κ1) is 18.6. The smallest absolute Gasteiger partial charge is 0.224 e. The van der Waals surface area contributed by atoms with Crippen molar-refractivity contribution in [1.29, 1.82) is 0 Å². The third-order valence-electron chi connectivity index (χ3n) is 6.31. The summed E-state index contributed by atoms with van der Waals surface area (Å²) in [5.74, 6) is 0.897. The van der Waals surface area contributed by atoms with Crippen LogP contribution < -0.4 is 5.32 Å². The molecule has 3 aliphatic rings. The molecule has 1 saturated carbocycles. The minimum atomic E-state index is 0. The molecule has 1 N–H and O–H groups in total. The van der Waals surface area contributed by atoms with Gasteiger partial charge in [0.1, 0.15) is 0 Å². The van der Waals surface area contributed by atoms with Gasteiger partial charge in [-0.25, -0.2) is 0 Å². The van der Waals surface area contributed by atoms with Crippen molar-refractivity contribution in [3.05, 3.63) is 0 Å². The van der Waals surface area contributed by atoms with Crippen molar-refractivity contribution in [2.45, 2.75) is 64.6 Å². The lowest BCUT2D eigenvalue weighted by Gasteiger charge is -2.37. The first-order valence-electron chi connectivity index (χ1n) is 10.0. The number of likely N-dealkylation sites (tertiary alicyclic amines) is 1. The van der Waals surface area contributed by atoms with Crippen LogP contribution in [0.5, 0.6) is 0 Å². The average Bonchev–Trinajstić information content (AvgIpc) is 3.20. The number of hydrogen-bond acceptors (Lipinski definition) is 4. The molecule has 2 saturated heterocycles. The van der Waals surface area contributed by atoms with Crippen LogP contribution >= 0.6 is 0 Å². The molecule has 3 rings (SSSR count). The number of fused-ring (bicyclic) bond motifs is 2. The zero-order chi connectivity index (χ0) is 18.0. The molecular formula is C19H36N4O2. The van der Waals surface area contributed by atoms with Gasteiger partial charge in [-0.2, -0.15) is 0 Å². The summed E-state index contributed by atoms with van der Waals surface area (Å²) in [6, 6.07) is 1.24. The molecule has 0 radical (unpaired) electrons. The first-order chi connectivity index (χ1) is 12.0. The van der Waals surface area contributed by atoms with Crippen LogP contribution in [0.3, 0.4) is 0 Å². The molecule has 3 fully saturated rings. The van der Waals surface area contributed by atoms with Crippen molar-refractivity contribution in [2.75, 3.05) is 39.3 Å². The van der Waals surface area contributed by atoms with Gasteiger partial charge >= 0.3 is 0 Å². The van der Waals surface area contributed by atoms with Crippen LogP contribution in [-0.2, 0) is 9.59 Å². The Hall–Kier alpha value is -1.14. The van der Waals surface area contributed by atoms with Crippen LogP contribution in [0.2, 0.25) is 0 Å². The fourth-order valence-electron chi connectivity index (χ4n) is 4.65. The highest BCUT2D eigenvalue weighted by Gasteiger charge is 2.46. The minimum absolute atomic E-state index is 0. The van der Waals surface area contributed by atoms with Gasteiger partial charge in [-0.1, -0.05) is 6.92 Å². The molecule has 144 valence electrons. The van der Waals surface area contributed by atoms with Gasteiger partial charge < -0.3 is 15.1 Å². The van der Waals surface area contributed by atoms with Crippen LogP contribution in [0.25, 0.3) is 0 Å². The van der Waals surface area contributed by atoms with Crippen LogP contribution in [0, 0.1) is 5.92 Å². The summed E-state index contributed by atoms with van der Waals surface area (Å²) in [5, 5.41) is 3.13. The summed E-state index contributed by atoms with van der Waals surface area (Å²) in [7, 11) is 0. The predicted octanol–water partition coefficient (Wildman–Crippen LogP) is 1.16. The maximum atomic E-state index is 12.6. The van der Waals surface area contributed by atoms with E-state index in [1.54, 1.807) is 0 Å². The van der Waals surface area contributed by atoms with Crippen molar-refractivity contribution >= 4 is 11.8 Å². The van der Waals surface area contributed by atoms with Crippen molar-refractivity contribution in [1.82, 2.24) is 20.0 Å². The van der Waals surface area contributed by atoms with E-state index in [2.05, 4.69) is 33.9 Å². The van der Waals surface area contributed by atoms with Crippen LogP contribution in [0.4, 0.5) is 0 Å². The zero-order valence-electron chi connectivity index (χ0n) is 16.0. The monoisotopic (exact) mass is 352 g/mol. The summed E-state index contributed by atoms with van der Waals surface area (Å²) < 4.78 is 0. The summed E-state index contributed by atoms with van der Waals surface area (Å²) in [5.41, 5.74) is 0. The zero-order valence-corrected chi connectivity index (χ0v) is 16.0. The van der Waals surface area contributed by atoms with E-state index in [4.69, 9.17) is 0 Å². The third kappa shape index (κ3) is 4.34.